The van der Waals surface area contributed by atoms with Gasteiger partial charge in [-0.2, -0.15) is 5.26 Å². The lowest BCUT2D eigenvalue weighted by molar-refractivity contribution is 0.232. The Bertz CT molecular complexity index is 463. The number of nitriles is 1. The third kappa shape index (κ3) is 4.93. The minimum atomic E-state index is 0.693. The highest BCUT2D eigenvalue weighted by molar-refractivity contribution is 5.33. The van der Waals surface area contributed by atoms with Gasteiger partial charge in [0.15, 0.2) is 0 Å². The van der Waals surface area contributed by atoms with Crippen molar-refractivity contribution < 1.29 is 4.74 Å². The Morgan fingerprint density at radius 2 is 1.86 bits per heavy atom. The highest BCUT2D eigenvalue weighted by Gasteiger charge is 2.21. The largest absolute Gasteiger partial charge is 0.502 e. The third-order valence-electron chi connectivity index (χ3n) is 4.60. The van der Waals surface area contributed by atoms with Gasteiger partial charge in [0, 0.05) is 0 Å². The van der Waals surface area contributed by atoms with Gasteiger partial charge < -0.3 is 4.74 Å². The van der Waals surface area contributed by atoms with Crippen molar-refractivity contribution in [1.82, 2.24) is 0 Å². The summed E-state index contributed by atoms with van der Waals surface area (Å²) in [7, 11) is 0. The molecule has 1 saturated carbocycles. The number of unbranched alkanes of at least 4 members (excludes halogenated alkanes) is 1. The van der Waals surface area contributed by atoms with Crippen molar-refractivity contribution in [3.05, 3.63) is 48.2 Å². The lowest BCUT2D eigenvalue weighted by atomic mass is 9.77. The molecular formula is C19H25NO. The molecule has 0 saturated heterocycles. The first-order valence-electron chi connectivity index (χ1n) is 8.06. The van der Waals surface area contributed by atoms with Gasteiger partial charge in [-0.1, -0.05) is 25.1 Å². The molecule has 0 radical (unpaired) electrons. The first-order valence-corrected chi connectivity index (χ1v) is 8.06. The normalized spacial score (nSPS) is 21.5. The van der Waals surface area contributed by atoms with E-state index in [-0.39, 0.29) is 0 Å². The smallest absolute Gasteiger partial charge is 0.0991 e. The van der Waals surface area contributed by atoms with Crippen LogP contribution in [0.2, 0.25) is 0 Å². The Labute approximate surface area is 128 Å². The number of ether oxygens (including phenoxy) is 1. The first-order chi connectivity index (χ1) is 10.3. The summed E-state index contributed by atoms with van der Waals surface area (Å²) in [6.45, 7) is 4.37. The molecule has 0 spiro atoms. The van der Waals surface area contributed by atoms with Crippen molar-refractivity contribution in [2.75, 3.05) is 6.61 Å². The molecule has 0 bridgehead atoms. The Balaban J connectivity index is 1.70. The van der Waals surface area contributed by atoms with Gasteiger partial charge in [0.05, 0.1) is 24.5 Å². The van der Waals surface area contributed by atoms with Crippen LogP contribution >= 0.6 is 0 Å². The van der Waals surface area contributed by atoms with Crippen LogP contribution in [0.5, 0.6) is 0 Å². The Morgan fingerprint density at radius 3 is 2.48 bits per heavy atom. The van der Waals surface area contributed by atoms with E-state index in [2.05, 4.69) is 24.8 Å². The summed E-state index contributed by atoms with van der Waals surface area (Å²) >= 11 is 0. The Kier molecular flexibility index (Phi) is 6.34. The molecule has 0 amide bonds. The van der Waals surface area contributed by atoms with Crippen LogP contribution < -0.4 is 0 Å². The van der Waals surface area contributed by atoms with Gasteiger partial charge >= 0.3 is 0 Å². The summed E-state index contributed by atoms with van der Waals surface area (Å²) in [4.78, 5) is 0. The van der Waals surface area contributed by atoms with Crippen molar-refractivity contribution in [3.8, 4) is 6.07 Å². The van der Waals surface area contributed by atoms with Crippen molar-refractivity contribution in [2.24, 2.45) is 5.92 Å². The predicted molar refractivity (Wildman–Crippen MR) is 85.9 cm³/mol. The van der Waals surface area contributed by atoms with E-state index in [0.29, 0.717) is 5.92 Å². The van der Waals surface area contributed by atoms with Crippen molar-refractivity contribution in [1.29, 1.82) is 5.26 Å². The second kappa shape index (κ2) is 8.52. The van der Waals surface area contributed by atoms with Crippen LogP contribution in [0.25, 0.3) is 0 Å². The number of hydrogen-bond acceptors (Lipinski definition) is 2. The van der Waals surface area contributed by atoms with Gasteiger partial charge in [0.25, 0.3) is 0 Å². The fraction of sp³-hybridized carbons (Fsp3) is 0.526. The third-order valence-corrected chi connectivity index (χ3v) is 4.60. The van der Waals surface area contributed by atoms with Crippen LogP contribution in [-0.2, 0) is 4.74 Å². The van der Waals surface area contributed by atoms with Crippen LogP contribution in [0.3, 0.4) is 0 Å². The Hall–Kier alpha value is -1.75. The molecule has 0 N–H and O–H groups in total. The van der Waals surface area contributed by atoms with Crippen molar-refractivity contribution >= 4 is 0 Å². The average molecular weight is 283 g/mol. The van der Waals surface area contributed by atoms with Gasteiger partial charge in [0.2, 0.25) is 0 Å². The highest BCUT2D eigenvalue weighted by Crippen LogP contribution is 2.37. The SMILES string of the molecule is C=COCCCCC1CCC(c2ccc(C#N)cc2)CC1. The van der Waals surface area contributed by atoms with Crippen LogP contribution in [0.1, 0.15) is 62.0 Å². The van der Waals surface area contributed by atoms with Gasteiger partial charge in [0.1, 0.15) is 0 Å². The summed E-state index contributed by atoms with van der Waals surface area (Å²) in [6, 6.07) is 10.3. The average Bonchev–Trinajstić information content (AvgIpc) is 2.55. The molecule has 21 heavy (non-hydrogen) atoms. The monoisotopic (exact) mass is 283 g/mol. The van der Waals surface area contributed by atoms with Crippen molar-refractivity contribution in [3.63, 3.8) is 0 Å². The molecule has 0 unspecified atom stereocenters. The van der Waals surface area contributed by atoms with E-state index in [9.17, 15) is 0 Å². The molecule has 0 heterocycles. The van der Waals surface area contributed by atoms with Crippen LogP contribution in [0, 0.1) is 17.2 Å². The standard InChI is InChI=1S/C19H25NO/c1-2-21-14-4-3-5-16-6-10-18(11-7-16)19-12-8-17(15-20)9-13-19/h2,8-9,12-13,16,18H,1,3-7,10-11,14H2. The summed E-state index contributed by atoms with van der Waals surface area (Å²) in [5.41, 5.74) is 2.17. The molecule has 2 nitrogen and oxygen atoms in total. The summed E-state index contributed by atoms with van der Waals surface area (Å²) in [6.07, 6.45) is 10.5. The van der Waals surface area contributed by atoms with Gasteiger partial charge in [-0.05, 0) is 68.1 Å². The molecule has 1 fully saturated rings. The first kappa shape index (κ1) is 15.6. The lowest BCUT2D eigenvalue weighted by Crippen LogP contribution is -2.13. The second-order valence-electron chi connectivity index (χ2n) is 5.98. The van der Waals surface area contributed by atoms with E-state index in [1.54, 1.807) is 0 Å². The zero-order valence-corrected chi connectivity index (χ0v) is 12.8. The minimum absolute atomic E-state index is 0.693. The number of rotatable bonds is 7. The maximum Gasteiger partial charge on any atom is 0.0991 e. The molecule has 0 aliphatic heterocycles. The topological polar surface area (TPSA) is 33.0 Å². The molecule has 1 aliphatic rings. The second-order valence-corrected chi connectivity index (χ2v) is 5.98. The van der Waals surface area contributed by atoms with Gasteiger partial charge in [-0.15, -0.1) is 0 Å². The molecule has 2 rings (SSSR count). The highest BCUT2D eigenvalue weighted by atomic mass is 16.5. The zero-order valence-electron chi connectivity index (χ0n) is 12.8. The van der Waals surface area contributed by atoms with E-state index in [0.717, 1.165) is 24.5 Å². The summed E-state index contributed by atoms with van der Waals surface area (Å²) in [5, 5.41) is 8.85. The van der Waals surface area contributed by atoms with Gasteiger partial charge in [-0.25, -0.2) is 0 Å². The zero-order chi connectivity index (χ0) is 14.9. The fourth-order valence-corrected chi connectivity index (χ4v) is 3.32. The van der Waals surface area contributed by atoms with E-state index < -0.39 is 0 Å². The molecule has 112 valence electrons. The van der Waals surface area contributed by atoms with E-state index in [1.165, 1.54) is 50.4 Å². The van der Waals surface area contributed by atoms with Crippen LogP contribution in [0.4, 0.5) is 0 Å². The van der Waals surface area contributed by atoms with Crippen molar-refractivity contribution in [2.45, 2.75) is 50.9 Å². The van der Waals surface area contributed by atoms with Gasteiger partial charge in [-0.3, -0.25) is 0 Å². The fourth-order valence-electron chi connectivity index (χ4n) is 3.32. The summed E-state index contributed by atoms with van der Waals surface area (Å²) < 4.78 is 5.16. The molecule has 0 atom stereocenters. The number of benzene rings is 1. The molecular weight excluding hydrogens is 258 g/mol. The quantitative estimate of drug-likeness (QED) is 0.511. The minimum Gasteiger partial charge on any atom is -0.502 e. The maximum atomic E-state index is 8.85. The lowest BCUT2D eigenvalue weighted by Gasteiger charge is -2.28. The van der Waals surface area contributed by atoms with Crippen LogP contribution in [-0.4, -0.2) is 6.61 Å². The molecule has 0 aromatic heterocycles. The number of nitrogens with zero attached hydrogens (tertiary/aromatic N) is 1. The number of hydrogen-bond donors (Lipinski definition) is 0. The maximum absolute atomic E-state index is 8.85. The molecule has 2 heteroatoms. The van der Waals surface area contributed by atoms with E-state index in [4.69, 9.17) is 10.00 Å². The molecule has 1 aromatic rings. The molecule has 1 aromatic carbocycles. The predicted octanol–water partition coefficient (Wildman–Crippen LogP) is 5.16. The summed E-state index contributed by atoms with van der Waals surface area (Å²) in [5.74, 6) is 1.58. The molecule has 1 aliphatic carbocycles. The Morgan fingerprint density at radius 1 is 1.14 bits per heavy atom. The van der Waals surface area contributed by atoms with E-state index in [1.807, 2.05) is 12.1 Å². The van der Waals surface area contributed by atoms with E-state index >= 15 is 0 Å². The van der Waals surface area contributed by atoms with Crippen LogP contribution in [0.15, 0.2) is 37.1 Å².